The Hall–Kier alpha value is -1.37. The zero-order valence-electron chi connectivity index (χ0n) is 8.16. The molecule has 0 bridgehead atoms. The van der Waals surface area contributed by atoms with Gasteiger partial charge in [-0.3, -0.25) is 0 Å². The minimum atomic E-state index is 1.08. The highest BCUT2D eigenvalue weighted by Gasteiger charge is 2.04. The molecule has 0 N–H and O–H groups in total. The number of allylic oxidation sites excluding steroid dienone is 5. The third kappa shape index (κ3) is 2.86. The lowest BCUT2D eigenvalue weighted by atomic mass is 9.99. The lowest BCUT2D eigenvalue weighted by Crippen LogP contribution is -2.02. The van der Waals surface area contributed by atoms with Gasteiger partial charge in [0.1, 0.15) is 7.05 Å². The molecule has 1 nitrogen and oxygen atoms in total. The largest absolute Gasteiger partial charge is 0.208 e. The summed E-state index contributed by atoms with van der Waals surface area (Å²) < 4.78 is 1.92. The van der Waals surface area contributed by atoms with E-state index in [0.29, 0.717) is 0 Å². The smallest absolute Gasteiger partial charge is 0.175 e. The maximum atomic E-state index is 4.02. The summed E-state index contributed by atoms with van der Waals surface area (Å²) in [4.78, 5) is 0. The Balaban J connectivity index is 2.73. The second-order valence-corrected chi connectivity index (χ2v) is 3.16. The van der Waals surface area contributed by atoms with Gasteiger partial charge in [-0.2, -0.15) is 0 Å². The van der Waals surface area contributed by atoms with Gasteiger partial charge >= 0.3 is 0 Å². The summed E-state index contributed by atoms with van der Waals surface area (Å²) in [6, 6.07) is 0. The first-order chi connectivity index (χ1) is 6.24. The standard InChI is InChI=1S/C12H16N/c1-4-13(3)10-11(2)12-8-6-5-7-9-12/h4-6,8,10H,1-2,7,9H2,3H3/q+1. The Morgan fingerprint density at radius 1 is 1.62 bits per heavy atom. The fraction of sp³-hybridized carbons (Fsp3) is 0.250. The Morgan fingerprint density at radius 2 is 2.38 bits per heavy atom. The molecule has 0 saturated heterocycles. The van der Waals surface area contributed by atoms with E-state index in [1.54, 1.807) is 6.20 Å². The molecule has 0 heterocycles. The number of nitrogens with zero attached hydrogens (tertiary/aromatic N) is 1. The SMILES string of the molecule is C=C[N+](C)=CC(=C)C1=CC=CCC1. The Morgan fingerprint density at radius 3 is 2.92 bits per heavy atom. The van der Waals surface area contributed by atoms with Crippen molar-refractivity contribution in [1.82, 2.24) is 0 Å². The molecule has 68 valence electrons. The van der Waals surface area contributed by atoms with Gasteiger partial charge in [-0.15, -0.1) is 0 Å². The molecule has 0 fully saturated rings. The van der Waals surface area contributed by atoms with E-state index in [2.05, 4.69) is 31.4 Å². The third-order valence-electron chi connectivity index (χ3n) is 2.07. The first-order valence-corrected chi connectivity index (χ1v) is 4.48. The van der Waals surface area contributed by atoms with Crippen LogP contribution in [0.2, 0.25) is 0 Å². The molecule has 0 amide bonds. The normalized spacial score (nSPS) is 16.7. The highest BCUT2D eigenvalue weighted by molar-refractivity contribution is 5.80. The van der Waals surface area contributed by atoms with E-state index in [0.717, 1.165) is 18.4 Å². The topological polar surface area (TPSA) is 3.01 Å². The predicted molar refractivity (Wildman–Crippen MR) is 58.0 cm³/mol. The quantitative estimate of drug-likeness (QED) is 0.457. The van der Waals surface area contributed by atoms with Crippen LogP contribution in [0.4, 0.5) is 0 Å². The summed E-state index contributed by atoms with van der Waals surface area (Å²) in [5.41, 5.74) is 2.39. The average molecular weight is 174 g/mol. The molecule has 0 unspecified atom stereocenters. The van der Waals surface area contributed by atoms with Crippen molar-refractivity contribution in [2.24, 2.45) is 0 Å². The zero-order valence-corrected chi connectivity index (χ0v) is 8.16. The van der Waals surface area contributed by atoms with E-state index in [1.165, 1.54) is 5.57 Å². The van der Waals surface area contributed by atoms with Crippen molar-refractivity contribution in [3.8, 4) is 0 Å². The second kappa shape index (κ2) is 4.61. The Kier molecular flexibility index (Phi) is 3.44. The summed E-state index contributed by atoms with van der Waals surface area (Å²) in [5, 5.41) is 0. The van der Waals surface area contributed by atoms with Crippen molar-refractivity contribution in [3.63, 3.8) is 0 Å². The fourth-order valence-corrected chi connectivity index (χ4v) is 1.25. The molecular weight excluding hydrogens is 158 g/mol. The molecule has 13 heavy (non-hydrogen) atoms. The molecule has 0 spiro atoms. The lowest BCUT2D eigenvalue weighted by Gasteiger charge is -2.06. The minimum Gasteiger partial charge on any atom is -0.208 e. The van der Waals surface area contributed by atoms with Gasteiger partial charge in [-0.1, -0.05) is 24.8 Å². The number of hydrogen-bond donors (Lipinski definition) is 0. The van der Waals surface area contributed by atoms with E-state index >= 15 is 0 Å². The zero-order chi connectivity index (χ0) is 9.68. The fourth-order valence-electron chi connectivity index (χ4n) is 1.25. The van der Waals surface area contributed by atoms with Gasteiger partial charge in [0.15, 0.2) is 12.4 Å². The molecule has 0 aromatic rings. The van der Waals surface area contributed by atoms with Crippen molar-refractivity contribution in [3.05, 3.63) is 48.7 Å². The van der Waals surface area contributed by atoms with Crippen LogP contribution in [0.1, 0.15) is 12.8 Å². The molecular formula is C12H16N+. The summed E-state index contributed by atoms with van der Waals surface area (Å²) in [7, 11) is 1.96. The molecule has 1 heteroatoms. The van der Waals surface area contributed by atoms with Crippen molar-refractivity contribution < 1.29 is 4.58 Å². The van der Waals surface area contributed by atoms with Crippen molar-refractivity contribution >= 4 is 6.21 Å². The Labute approximate surface area is 80.1 Å². The van der Waals surface area contributed by atoms with Crippen molar-refractivity contribution in [2.75, 3.05) is 7.05 Å². The van der Waals surface area contributed by atoms with E-state index in [-0.39, 0.29) is 0 Å². The van der Waals surface area contributed by atoms with E-state index < -0.39 is 0 Å². The first kappa shape index (κ1) is 9.72. The van der Waals surface area contributed by atoms with Gasteiger partial charge in [0, 0.05) is 5.57 Å². The molecule has 0 aromatic heterocycles. The van der Waals surface area contributed by atoms with Gasteiger partial charge in [0.25, 0.3) is 0 Å². The van der Waals surface area contributed by atoms with E-state index in [9.17, 15) is 0 Å². The predicted octanol–water partition coefficient (Wildman–Crippen LogP) is 2.68. The summed E-state index contributed by atoms with van der Waals surface area (Å²) in [6.07, 6.45) is 12.4. The molecule has 0 aromatic carbocycles. The van der Waals surface area contributed by atoms with Crippen LogP contribution in [0.25, 0.3) is 0 Å². The van der Waals surface area contributed by atoms with Gasteiger partial charge in [-0.25, -0.2) is 4.58 Å². The van der Waals surface area contributed by atoms with Crippen LogP contribution >= 0.6 is 0 Å². The third-order valence-corrected chi connectivity index (χ3v) is 2.07. The molecule has 1 aliphatic rings. The van der Waals surface area contributed by atoms with Gasteiger partial charge in [0.05, 0.1) is 0 Å². The Bertz CT molecular complexity index is 303. The van der Waals surface area contributed by atoms with Crippen LogP contribution in [-0.2, 0) is 0 Å². The second-order valence-electron chi connectivity index (χ2n) is 3.16. The molecule has 0 aliphatic heterocycles. The first-order valence-electron chi connectivity index (χ1n) is 4.48. The average Bonchev–Trinajstić information content (AvgIpc) is 2.19. The number of rotatable bonds is 3. The van der Waals surface area contributed by atoms with Crippen LogP contribution in [-0.4, -0.2) is 17.8 Å². The minimum absolute atomic E-state index is 1.08. The molecule has 0 saturated carbocycles. The molecule has 1 aliphatic carbocycles. The van der Waals surface area contributed by atoms with Gasteiger partial charge in [0.2, 0.25) is 0 Å². The highest BCUT2D eigenvalue weighted by Crippen LogP contribution is 2.17. The molecule has 0 atom stereocenters. The van der Waals surface area contributed by atoms with Crippen LogP contribution < -0.4 is 0 Å². The lowest BCUT2D eigenvalue weighted by molar-refractivity contribution is -0.415. The summed E-state index contributed by atoms with van der Waals surface area (Å²) in [5.74, 6) is 0. The van der Waals surface area contributed by atoms with Gasteiger partial charge < -0.3 is 0 Å². The van der Waals surface area contributed by atoms with Crippen LogP contribution in [0.3, 0.4) is 0 Å². The maximum Gasteiger partial charge on any atom is 0.175 e. The summed E-state index contributed by atoms with van der Waals surface area (Å²) in [6.45, 7) is 7.70. The summed E-state index contributed by atoms with van der Waals surface area (Å²) >= 11 is 0. The van der Waals surface area contributed by atoms with Crippen LogP contribution in [0, 0.1) is 0 Å². The van der Waals surface area contributed by atoms with E-state index in [1.807, 2.05) is 17.8 Å². The van der Waals surface area contributed by atoms with Crippen molar-refractivity contribution in [1.29, 1.82) is 0 Å². The highest BCUT2D eigenvalue weighted by atomic mass is 14.9. The van der Waals surface area contributed by atoms with Crippen LogP contribution in [0.15, 0.2) is 48.7 Å². The molecule has 0 radical (unpaired) electrons. The van der Waals surface area contributed by atoms with Gasteiger partial charge in [-0.05, 0) is 25.0 Å². The maximum absolute atomic E-state index is 4.02. The monoisotopic (exact) mass is 174 g/mol. The van der Waals surface area contributed by atoms with E-state index in [4.69, 9.17) is 0 Å². The number of hydrogen-bond acceptors (Lipinski definition) is 0. The van der Waals surface area contributed by atoms with Crippen LogP contribution in [0.5, 0.6) is 0 Å². The van der Waals surface area contributed by atoms with Crippen molar-refractivity contribution in [2.45, 2.75) is 12.8 Å². The molecule has 1 rings (SSSR count).